The second-order valence-corrected chi connectivity index (χ2v) is 5.05. The van der Waals surface area contributed by atoms with Gasteiger partial charge in [0.1, 0.15) is 5.01 Å². The summed E-state index contributed by atoms with van der Waals surface area (Å²) in [7, 11) is 0. The highest BCUT2D eigenvalue weighted by Gasteiger charge is 2.12. The molecule has 1 unspecified atom stereocenters. The van der Waals surface area contributed by atoms with E-state index in [-0.39, 0.29) is 10.6 Å². The van der Waals surface area contributed by atoms with Crippen LogP contribution in [0, 0.1) is 10.1 Å². The number of benzene rings is 1. The third kappa shape index (κ3) is 2.56. The van der Waals surface area contributed by atoms with Gasteiger partial charge in [-0.05, 0) is 12.3 Å². The van der Waals surface area contributed by atoms with E-state index < -0.39 is 0 Å². The molecule has 1 aromatic heterocycles. The average Bonchev–Trinajstić information content (AvgIpc) is 2.87. The van der Waals surface area contributed by atoms with Crippen LogP contribution >= 0.6 is 11.3 Å². The van der Waals surface area contributed by atoms with Crippen LogP contribution in [0.1, 0.15) is 31.9 Å². The smallest absolute Gasteiger partial charge is 0.258 e. The van der Waals surface area contributed by atoms with Crippen LogP contribution in [0.4, 0.5) is 5.69 Å². The fourth-order valence-corrected chi connectivity index (χ4v) is 2.55. The molecule has 0 radical (unpaired) electrons. The SMILES string of the molecule is CCC(C)c1csc(-c2cccc([N+](=O)[O-])c2)n1. The monoisotopic (exact) mass is 262 g/mol. The molecule has 2 aromatic rings. The Balaban J connectivity index is 2.34. The van der Waals surface area contributed by atoms with Crippen LogP contribution < -0.4 is 0 Å². The number of non-ortho nitro benzene ring substituents is 1. The number of nitro benzene ring substituents is 1. The summed E-state index contributed by atoms with van der Waals surface area (Å²) in [4.78, 5) is 14.9. The molecule has 1 heterocycles. The van der Waals surface area contributed by atoms with Crippen molar-refractivity contribution in [3.8, 4) is 10.6 Å². The summed E-state index contributed by atoms with van der Waals surface area (Å²) in [6.07, 6.45) is 1.04. The lowest BCUT2D eigenvalue weighted by Gasteiger charge is -2.02. The number of rotatable bonds is 4. The second kappa shape index (κ2) is 5.27. The van der Waals surface area contributed by atoms with Crippen molar-refractivity contribution < 1.29 is 4.92 Å². The first-order chi connectivity index (χ1) is 8.61. The molecular formula is C13H14N2O2S. The molecule has 0 amide bonds. The van der Waals surface area contributed by atoms with Crippen LogP contribution in [0.3, 0.4) is 0 Å². The van der Waals surface area contributed by atoms with Gasteiger partial charge in [-0.2, -0.15) is 0 Å². The molecule has 1 aromatic carbocycles. The van der Waals surface area contributed by atoms with E-state index in [0.29, 0.717) is 5.92 Å². The number of hydrogen-bond acceptors (Lipinski definition) is 4. The molecule has 0 bridgehead atoms. The maximum Gasteiger partial charge on any atom is 0.270 e. The number of hydrogen-bond donors (Lipinski definition) is 0. The van der Waals surface area contributed by atoms with E-state index in [0.717, 1.165) is 22.7 Å². The Morgan fingerprint density at radius 1 is 1.50 bits per heavy atom. The van der Waals surface area contributed by atoms with Gasteiger partial charge in [0, 0.05) is 23.1 Å². The molecule has 0 saturated heterocycles. The maximum absolute atomic E-state index is 10.7. The number of thiazole rings is 1. The zero-order valence-corrected chi connectivity index (χ0v) is 11.1. The fourth-order valence-electron chi connectivity index (χ4n) is 1.61. The minimum Gasteiger partial charge on any atom is -0.258 e. The lowest BCUT2D eigenvalue weighted by Crippen LogP contribution is -1.91. The molecule has 4 nitrogen and oxygen atoms in total. The van der Waals surface area contributed by atoms with Crippen molar-refractivity contribution in [1.29, 1.82) is 0 Å². The fraction of sp³-hybridized carbons (Fsp3) is 0.308. The Bertz CT molecular complexity index is 566. The molecule has 2 rings (SSSR count). The van der Waals surface area contributed by atoms with Crippen molar-refractivity contribution in [1.82, 2.24) is 4.98 Å². The molecule has 0 aliphatic carbocycles. The highest BCUT2D eigenvalue weighted by Crippen LogP contribution is 2.29. The van der Waals surface area contributed by atoms with E-state index in [2.05, 4.69) is 18.8 Å². The van der Waals surface area contributed by atoms with Crippen molar-refractivity contribution in [2.45, 2.75) is 26.2 Å². The summed E-state index contributed by atoms with van der Waals surface area (Å²) in [5.41, 5.74) is 1.97. The standard InChI is InChI=1S/C13H14N2O2S/c1-3-9(2)12-8-18-13(14-12)10-5-4-6-11(7-10)15(16)17/h4-9H,3H2,1-2H3. The highest BCUT2D eigenvalue weighted by molar-refractivity contribution is 7.13. The Labute approximate surface area is 109 Å². The van der Waals surface area contributed by atoms with Crippen molar-refractivity contribution in [2.75, 3.05) is 0 Å². The van der Waals surface area contributed by atoms with Gasteiger partial charge in [0.2, 0.25) is 0 Å². The summed E-state index contributed by atoms with van der Waals surface area (Å²) in [5, 5.41) is 13.6. The summed E-state index contributed by atoms with van der Waals surface area (Å²) in [6, 6.07) is 6.61. The van der Waals surface area contributed by atoms with E-state index in [1.165, 1.54) is 17.4 Å². The van der Waals surface area contributed by atoms with E-state index in [1.807, 2.05) is 11.4 Å². The van der Waals surface area contributed by atoms with Gasteiger partial charge < -0.3 is 0 Å². The largest absolute Gasteiger partial charge is 0.270 e. The molecule has 94 valence electrons. The van der Waals surface area contributed by atoms with Gasteiger partial charge in [0.25, 0.3) is 5.69 Å². The van der Waals surface area contributed by atoms with Gasteiger partial charge in [-0.1, -0.05) is 26.0 Å². The summed E-state index contributed by atoms with van der Waals surface area (Å²) in [5.74, 6) is 0.425. The van der Waals surface area contributed by atoms with Crippen LogP contribution in [0.15, 0.2) is 29.6 Å². The topological polar surface area (TPSA) is 56.0 Å². The van der Waals surface area contributed by atoms with Crippen LogP contribution in [0.2, 0.25) is 0 Å². The van der Waals surface area contributed by atoms with Crippen LogP contribution in [0.5, 0.6) is 0 Å². The zero-order valence-electron chi connectivity index (χ0n) is 10.3. The number of nitrogens with zero attached hydrogens (tertiary/aromatic N) is 2. The second-order valence-electron chi connectivity index (χ2n) is 4.19. The highest BCUT2D eigenvalue weighted by atomic mass is 32.1. The Hall–Kier alpha value is -1.75. The predicted octanol–water partition coefficient (Wildman–Crippen LogP) is 4.23. The Kier molecular flexibility index (Phi) is 3.72. The first kappa shape index (κ1) is 12.7. The van der Waals surface area contributed by atoms with E-state index in [1.54, 1.807) is 12.1 Å². The molecule has 0 spiro atoms. The van der Waals surface area contributed by atoms with E-state index in [4.69, 9.17) is 0 Å². The number of nitro groups is 1. The number of aromatic nitrogens is 1. The molecule has 5 heteroatoms. The van der Waals surface area contributed by atoms with E-state index in [9.17, 15) is 10.1 Å². The normalized spacial score (nSPS) is 12.3. The van der Waals surface area contributed by atoms with Crippen LogP contribution in [-0.2, 0) is 0 Å². The third-order valence-electron chi connectivity index (χ3n) is 2.94. The lowest BCUT2D eigenvalue weighted by atomic mass is 10.1. The summed E-state index contributed by atoms with van der Waals surface area (Å²) >= 11 is 1.53. The van der Waals surface area contributed by atoms with Gasteiger partial charge in [-0.15, -0.1) is 11.3 Å². The molecule has 0 fully saturated rings. The predicted molar refractivity (Wildman–Crippen MR) is 72.9 cm³/mol. The van der Waals surface area contributed by atoms with Gasteiger partial charge in [-0.25, -0.2) is 4.98 Å². The molecule has 0 N–H and O–H groups in total. The summed E-state index contributed by atoms with van der Waals surface area (Å²) in [6.45, 7) is 4.25. The molecule has 18 heavy (non-hydrogen) atoms. The third-order valence-corrected chi connectivity index (χ3v) is 3.85. The average molecular weight is 262 g/mol. The molecular weight excluding hydrogens is 248 g/mol. The quantitative estimate of drug-likeness (QED) is 0.612. The van der Waals surface area contributed by atoms with Gasteiger partial charge >= 0.3 is 0 Å². The lowest BCUT2D eigenvalue weighted by molar-refractivity contribution is -0.384. The zero-order chi connectivity index (χ0) is 13.1. The molecule has 0 aliphatic heterocycles. The van der Waals surface area contributed by atoms with Crippen LogP contribution in [-0.4, -0.2) is 9.91 Å². The Morgan fingerprint density at radius 3 is 2.94 bits per heavy atom. The Morgan fingerprint density at radius 2 is 2.28 bits per heavy atom. The van der Waals surface area contributed by atoms with Crippen molar-refractivity contribution in [2.24, 2.45) is 0 Å². The van der Waals surface area contributed by atoms with Crippen LogP contribution in [0.25, 0.3) is 10.6 Å². The van der Waals surface area contributed by atoms with Crippen molar-refractivity contribution in [3.05, 3.63) is 45.5 Å². The van der Waals surface area contributed by atoms with Gasteiger partial charge in [0.05, 0.1) is 10.6 Å². The first-order valence-electron chi connectivity index (χ1n) is 5.82. The van der Waals surface area contributed by atoms with Crippen molar-refractivity contribution >= 4 is 17.0 Å². The first-order valence-corrected chi connectivity index (χ1v) is 6.70. The van der Waals surface area contributed by atoms with Crippen molar-refractivity contribution in [3.63, 3.8) is 0 Å². The van der Waals surface area contributed by atoms with E-state index >= 15 is 0 Å². The summed E-state index contributed by atoms with van der Waals surface area (Å²) < 4.78 is 0. The van der Waals surface area contributed by atoms with Gasteiger partial charge in [-0.3, -0.25) is 10.1 Å². The van der Waals surface area contributed by atoms with Gasteiger partial charge in [0.15, 0.2) is 0 Å². The minimum absolute atomic E-state index is 0.104. The minimum atomic E-state index is -0.382. The maximum atomic E-state index is 10.7. The molecule has 0 aliphatic rings. The molecule has 1 atom stereocenters. The molecule has 0 saturated carbocycles.